The van der Waals surface area contributed by atoms with E-state index in [0.717, 1.165) is 18.4 Å². The number of amides is 1. The summed E-state index contributed by atoms with van der Waals surface area (Å²) >= 11 is 0. The van der Waals surface area contributed by atoms with E-state index in [-0.39, 0.29) is 17.1 Å². The van der Waals surface area contributed by atoms with Crippen molar-refractivity contribution in [3.8, 4) is 0 Å². The molecule has 1 heterocycles. The molecular weight excluding hydrogens is 243 g/mol. The summed E-state index contributed by atoms with van der Waals surface area (Å²) < 4.78 is 13.3. The van der Waals surface area contributed by atoms with Crippen LogP contribution < -0.4 is 5.32 Å². The number of halogens is 1. The van der Waals surface area contributed by atoms with Crippen LogP contribution in [-0.2, 0) is 5.41 Å². The highest BCUT2D eigenvalue weighted by atomic mass is 19.1. The molecule has 1 aromatic carbocycles. The summed E-state index contributed by atoms with van der Waals surface area (Å²) in [6.07, 6.45) is 3.69. The summed E-state index contributed by atoms with van der Waals surface area (Å²) in [5, 5.41) is 2.91. The van der Waals surface area contributed by atoms with Gasteiger partial charge in [0.05, 0.1) is 0 Å². The summed E-state index contributed by atoms with van der Waals surface area (Å²) in [4.78, 5) is 14.7. The molecule has 98 valence electrons. The average molecular weight is 258 g/mol. The van der Waals surface area contributed by atoms with Gasteiger partial charge in [-0.3, -0.25) is 4.79 Å². The van der Waals surface area contributed by atoms with E-state index >= 15 is 0 Å². The Morgan fingerprint density at radius 3 is 2.79 bits per heavy atom. The highest BCUT2D eigenvalue weighted by molar-refractivity contribution is 5.92. The summed E-state index contributed by atoms with van der Waals surface area (Å²) in [6, 6.07) is 10.2. The summed E-state index contributed by atoms with van der Waals surface area (Å²) in [6.45, 7) is 0.550. The average Bonchev–Trinajstić information content (AvgIpc) is 3.00. The minimum atomic E-state index is -0.223. The molecule has 4 heteroatoms. The Hall–Kier alpha value is -2.10. The van der Waals surface area contributed by atoms with Gasteiger partial charge in [-0.15, -0.1) is 0 Å². The summed E-state index contributed by atoms with van der Waals surface area (Å²) in [5.41, 5.74) is 1.44. The zero-order valence-corrected chi connectivity index (χ0v) is 10.4. The predicted molar refractivity (Wildman–Crippen MR) is 70.4 cm³/mol. The molecule has 1 aliphatic carbocycles. The van der Waals surface area contributed by atoms with Gasteiger partial charge in [-0.2, -0.15) is 0 Å². The van der Waals surface area contributed by atoms with Crippen LogP contribution in [0.5, 0.6) is 0 Å². The molecule has 0 atom stereocenters. The maximum atomic E-state index is 13.3. The summed E-state index contributed by atoms with van der Waals surface area (Å²) in [7, 11) is 0. The van der Waals surface area contributed by atoms with Gasteiger partial charge < -0.3 is 10.3 Å². The first-order valence-electron chi connectivity index (χ1n) is 6.37. The molecule has 1 amide bonds. The van der Waals surface area contributed by atoms with Crippen molar-refractivity contribution in [1.82, 2.24) is 10.3 Å². The first-order chi connectivity index (χ1) is 9.20. The van der Waals surface area contributed by atoms with Crippen molar-refractivity contribution in [2.24, 2.45) is 0 Å². The lowest BCUT2D eigenvalue weighted by molar-refractivity contribution is 0.0945. The third-order valence-electron chi connectivity index (χ3n) is 3.72. The van der Waals surface area contributed by atoms with E-state index in [0.29, 0.717) is 12.2 Å². The van der Waals surface area contributed by atoms with Crippen molar-refractivity contribution in [2.75, 3.05) is 6.54 Å². The van der Waals surface area contributed by atoms with Gasteiger partial charge in [0.1, 0.15) is 11.5 Å². The van der Waals surface area contributed by atoms with Crippen LogP contribution in [-0.4, -0.2) is 17.4 Å². The molecule has 0 radical (unpaired) electrons. The second-order valence-electron chi connectivity index (χ2n) is 5.06. The zero-order valence-electron chi connectivity index (χ0n) is 10.4. The van der Waals surface area contributed by atoms with Crippen molar-refractivity contribution in [2.45, 2.75) is 18.3 Å². The first-order valence-corrected chi connectivity index (χ1v) is 6.37. The Labute approximate surface area is 110 Å². The standard InChI is InChI=1S/C15H15FN2O/c16-12-4-1-3-11(9-12)15(6-7-15)10-18-14(19)13-5-2-8-17-13/h1-5,8-9,17H,6-7,10H2,(H,18,19). The van der Waals surface area contributed by atoms with E-state index in [9.17, 15) is 9.18 Å². The molecule has 1 aliphatic rings. The highest BCUT2D eigenvalue weighted by Gasteiger charge is 2.44. The lowest BCUT2D eigenvalue weighted by Gasteiger charge is -2.16. The number of carbonyl (C=O) groups excluding carboxylic acids is 1. The Morgan fingerprint density at radius 2 is 2.16 bits per heavy atom. The number of hydrogen-bond acceptors (Lipinski definition) is 1. The minimum Gasteiger partial charge on any atom is -0.357 e. The maximum absolute atomic E-state index is 13.3. The molecular formula is C15H15FN2O. The normalized spacial score (nSPS) is 16.1. The highest BCUT2D eigenvalue weighted by Crippen LogP contribution is 2.47. The van der Waals surface area contributed by atoms with Gasteiger partial charge in [-0.05, 0) is 42.7 Å². The fourth-order valence-corrected chi connectivity index (χ4v) is 2.35. The van der Waals surface area contributed by atoms with Crippen LogP contribution in [0, 0.1) is 5.82 Å². The quantitative estimate of drug-likeness (QED) is 0.870. The second-order valence-corrected chi connectivity index (χ2v) is 5.06. The van der Waals surface area contributed by atoms with E-state index in [4.69, 9.17) is 0 Å². The van der Waals surface area contributed by atoms with Crippen molar-refractivity contribution < 1.29 is 9.18 Å². The van der Waals surface area contributed by atoms with Crippen LogP contribution in [0.3, 0.4) is 0 Å². The molecule has 1 fully saturated rings. The van der Waals surface area contributed by atoms with E-state index in [2.05, 4.69) is 10.3 Å². The first kappa shape index (κ1) is 12.0. The molecule has 0 spiro atoms. The van der Waals surface area contributed by atoms with Gasteiger partial charge in [0.2, 0.25) is 0 Å². The van der Waals surface area contributed by atoms with Gasteiger partial charge in [-0.1, -0.05) is 12.1 Å². The molecule has 3 rings (SSSR count). The van der Waals surface area contributed by atoms with Crippen molar-refractivity contribution in [3.63, 3.8) is 0 Å². The molecule has 3 nitrogen and oxygen atoms in total. The van der Waals surface area contributed by atoms with Crippen LogP contribution in [0.1, 0.15) is 28.9 Å². The largest absolute Gasteiger partial charge is 0.357 e. The van der Waals surface area contributed by atoms with Gasteiger partial charge in [0.25, 0.3) is 5.91 Å². The Bertz CT molecular complexity index is 588. The maximum Gasteiger partial charge on any atom is 0.267 e. The number of rotatable bonds is 4. The zero-order chi connectivity index (χ0) is 13.3. The van der Waals surface area contributed by atoms with E-state index < -0.39 is 0 Å². The fraction of sp³-hybridized carbons (Fsp3) is 0.267. The lowest BCUT2D eigenvalue weighted by atomic mass is 9.96. The minimum absolute atomic E-state index is 0.0790. The number of benzene rings is 1. The number of carbonyl (C=O) groups is 1. The molecule has 0 aliphatic heterocycles. The Kier molecular flexibility index (Phi) is 2.85. The molecule has 19 heavy (non-hydrogen) atoms. The van der Waals surface area contributed by atoms with Gasteiger partial charge in [0.15, 0.2) is 0 Å². The number of H-pyrrole nitrogens is 1. The third kappa shape index (κ3) is 2.38. The molecule has 0 bridgehead atoms. The smallest absolute Gasteiger partial charge is 0.267 e. The molecule has 2 N–H and O–H groups in total. The number of aromatic amines is 1. The number of nitrogens with one attached hydrogen (secondary N) is 2. The topological polar surface area (TPSA) is 44.9 Å². The van der Waals surface area contributed by atoms with Crippen LogP contribution in [0.25, 0.3) is 0 Å². The molecule has 0 saturated heterocycles. The van der Waals surface area contributed by atoms with Gasteiger partial charge in [0, 0.05) is 18.2 Å². The van der Waals surface area contributed by atoms with Gasteiger partial charge in [-0.25, -0.2) is 4.39 Å². The fourth-order valence-electron chi connectivity index (χ4n) is 2.35. The van der Waals surface area contributed by atoms with E-state index in [1.807, 2.05) is 6.07 Å². The Morgan fingerprint density at radius 1 is 1.32 bits per heavy atom. The number of aromatic nitrogens is 1. The van der Waals surface area contributed by atoms with Crippen molar-refractivity contribution in [3.05, 3.63) is 59.7 Å². The van der Waals surface area contributed by atoms with Gasteiger partial charge >= 0.3 is 0 Å². The van der Waals surface area contributed by atoms with Crippen molar-refractivity contribution in [1.29, 1.82) is 0 Å². The third-order valence-corrected chi connectivity index (χ3v) is 3.72. The predicted octanol–water partition coefficient (Wildman–Crippen LogP) is 2.62. The molecule has 0 unspecified atom stereocenters. The monoisotopic (exact) mass is 258 g/mol. The van der Waals surface area contributed by atoms with Crippen molar-refractivity contribution >= 4 is 5.91 Å². The van der Waals surface area contributed by atoms with E-state index in [1.165, 1.54) is 6.07 Å². The lowest BCUT2D eigenvalue weighted by Crippen LogP contribution is -2.32. The van der Waals surface area contributed by atoms with Crippen LogP contribution in [0.2, 0.25) is 0 Å². The van der Waals surface area contributed by atoms with Crippen LogP contribution in [0.4, 0.5) is 4.39 Å². The molecule has 1 aromatic heterocycles. The van der Waals surface area contributed by atoms with E-state index in [1.54, 1.807) is 30.5 Å². The van der Waals surface area contributed by atoms with Crippen LogP contribution >= 0.6 is 0 Å². The Balaban J connectivity index is 1.68. The SMILES string of the molecule is O=C(NCC1(c2cccc(F)c2)CC1)c1ccc[nH]1. The molecule has 2 aromatic rings. The second kappa shape index (κ2) is 4.53. The number of hydrogen-bond donors (Lipinski definition) is 2. The molecule has 1 saturated carbocycles. The summed E-state index contributed by atoms with van der Waals surface area (Å²) in [5.74, 6) is -0.341. The van der Waals surface area contributed by atoms with Crippen LogP contribution in [0.15, 0.2) is 42.6 Å².